The molecule has 0 radical (unpaired) electrons. The summed E-state index contributed by atoms with van der Waals surface area (Å²) < 4.78 is 63.4. The van der Waals surface area contributed by atoms with Crippen LogP contribution in [0.3, 0.4) is 0 Å². The van der Waals surface area contributed by atoms with Gasteiger partial charge in [-0.15, -0.1) is 0 Å². The molecule has 1 aliphatic carbocycles. The molecule has 1 N–H and O–H groups in total. The molecule has 184 valence electrons. The van der Waals surface area contributed by atoms with Gasteiger partial charge in [-0.2, -0.15) is 4.31 Å². The molecular weight excluding hydrogens is 464 g/mol. The predicted octanol–water partition coefficient (Wildman–Crippen LogP) is 3.98. The number of ether oxygens (including phenoxy) is 1. The van der Waals surface area contributed by atoms with Gasteiger partial charge in [0.15, 0.2) is 0 Å². The molecule has 0 bridgehead atoms. The van der Waals surface area contributed by atoms with E-state index in [-0.39, 0.29) is 36.6 Å². The Labute approximate surface area is 198 Å². The highest BCUT2D eigenvalue weighted by Crippen LogP contribution is 2.52. The highest BCUT2D eigenvalue weighted by molar-refractivity contribution is 7.89. The lowest BCUT2D eigenvalue weighted by Gasteiger charge is -2.49. The lowest BCUT2D eigenvalue weighted by molar-refractivity contribution is -0.166. The Morgan fingerprint density at radius 3 is 2.38 bits per heavy atom. The van der Waals surface area contributed by atoms with E-state index in [0.717, 1.165) is 19.2 Å². The number of esters is 1. The van der Waals surface area contributed by atoms with E-state index in [1.165, 1.54) is 11.2 Å². The maximum Gasteiger partial charge on any atom is 0.316 e. The van der Waals surface area contributed by atoms with Gasteiger partial charge in [0.2, 0.25) is 10.0 Å². The standard InChI is InChI=1S/C25H29F2NO5S/c1-16-9-10-22(17-7-5-4-6-8-17)34(31,32)28(16)13-18-11-21(27)19(12-20(18)26)25(23(29)33-3)14-24(2,30)15-25/h4-8,11-12,16,22,30H,9-10,13-15H2,1-3H3/t16-,22+,24-,25-/m0/s1. The quantitative estimate of drug-likeness (QED) is 0.637. The van der Waals surface area contributed by atoms with E-state index >= 15 is 8.78 Å². The van der Waals surface area contributed by atoms with Gasteiger partial charge in [-0.25, -0.2) is 17.2 Å². The second kappa shape index (κ2) is 8.70. The molecule has 2 aliphatic rings. The molecule has 0 unspecified atom stereocenters. The largest absolute Gasteiger partial charge is 0.468 e. The van der Waals surface area contributed by atoms with Crippen LogP contribution in [0.5, 0.6) is 0 Å². The van der Waals surface area contributed by atoms with E-state index in [1.807, 2.05) is 6.07 Å². The lowest BCUT2D eigenvalue weighted by atomic mass is 9.56. The van der Waals surface area contributed by atoms with E-state index in [4.69, 9.17) is 4.74 Å². The summed E-state index contributed by atoms with van der Waals surface area (Å²) in [7, 11) is -2.66. The van der Waals surface area contributed by atoms with E-state index in [1.54, 1.807) is 31.2 Å². The van der Waals surface area contributed by atoms with Crippen LogP contribution in [0.25, 0.3) is 0 Å². The molecule has 0 spiro atoms. The van der Waals surface area contributed by atoms with Crippen molar-refractivity contribution in [2.75, 3.05) is 7.11 Å². The van der Waals surface area contributed by atoms with Crippen molar-refractivity contribution in [3.05, 3.63) is 70.8 Å². The zero-order valence-electron chi connectivity index (χ0n) is 19.4. The fraction of sp³-hybridized carbons (Fsp3) is 0.480. The van der Waals surface area contributed by atoms with Crippen molar-refractivity contribution in [1.29, 1.82) is 0 Å². The smallest absolute Gasteiger partial charge is 0.316 e. The van der Waals surface area contributed by atoms with Crippen molar-refractivity contribution in [2.45, 2.75) is 68.4 Å². The maximum absolute atomic E-state index is 15.3. The fourth-order valence-electron chi connectivity index (χ4n) is 5.48. The third-order valence-corrected chi connectivity index (χ3v) is 9.48. The van der Waals surface area contributed by atoms with Crippen LogP contribution in [0, 0.1) is 11.6 Å². The number of benzene rings is 2. The minimum absolute atomic E-state index is 0.0985. The van der Waals surface area contributed by atoms with Gasteiger partial charge in [0, 0.05) is 23.7 Å². The van der Waals surface area contributed by atoms with E-state index in [0.29, 0.717) is 18.4 Å². The monoisotopic (exact) mass is 493 g/mol. The number of nitrogens with zero attached hydrogens (tertiary/aromatic N) is 1. The summed E-state index contributed by atoms with van der Waals surface area (Å²) in [4.78, 5) is 12.5. The summed E-state index contributed by atoms with van der Waals surface area (Å²) in [6.45, 7) is 2.95. The molecule has 9 heteroatoms. The van der Waals surface area contributed by atoms with Gasteiger partial charge >= 0.3 is 5.97 Å². The highest BCUT2D eigenvalue weighted by Gasteiger charge is 2.59. The first kappa shape index (κ1) is 24.8. The van der Waals surface area contributed by atoms with Crippen LogP contribution in [0.1, 0.15) is 61.5 Å². The van der Waals surface area contributed by atoms with Crippen LogP contribution in [0.4, 0.5) is 8.78 Å². The van der Waals surface area contributed by atoms with Gasteiger partial charge in [-0.3, -0.25) is 4.79 Å². The number of rotatable bonds is 5. The second-order valence-electron chi connectivity index (χ2n) is 9.76. The number of hydrogen-bond donors (Lipinski definition) is 1. The molecule has 2 atom stereocenters. The molecule has 6 nitrogen and oxygen atoms in total. The highest BCUT2D eigenvalue weighted by atomic mass is 32.2. The first-order valence-electron chi connectivity index (χ1n) is 11.3. The molecule has 1 saturated heterocycles. The zero-order valence-corrected chi connectivity index (χ0v) is 20.2. The van der Waals surface area contributed by atoms with Crippen LogP contribution < -0.4 is 0 Å². The summed E-state index contributed by atoms with van der Waals surface area (Å²) >= 11 is 0. The third-order valence-electron chi connectivity index (χ3n) is 7.12. The molecule has 2 aromatic carbocycles. The zero-order chi connectivity index (χ0) is 24.9. The van der Waals surface area contributed by atoms with Gasteiger partial charge in [-0.05, 0) is 57.2 Å². The molecule has 2 fully saturated rings. The van der Waals surface area contributed by atoms with Crippen LogP contribution >= 0.6 is 0 Å². The topological polar surface area (TPSA) is 83.9 Å². The van der Waals surface area contributed by atoms with Gasteiger partial charge in [0.1, 0.15) is 22.3 Å². The van der Waals surface area contributed by atoms with Crippen molar-refractivity contribution < 1.29 is 31.8 Å². The van der Waals surface area contributed by atoms with Crippen molar-refractivity contribution in [1.82, 2.24) is 4.31 Å². The molecule has 1 heterocycles. The van der Waals surface area contributed by atoms with Gasteiger partial charge in [0.25, 0.3) is 0 Å². The molecule has 1 saturated carbocycles. The number of methoxy groups -OCH3 is 1. The Hall–Kier alpha value is -2.36. The van der Waals surface area contributed by atoms with Crippen LogP contribution in [0.15, 0.2) is 42.5 Å². The van der Waals surface area contributed by atoms with Crippen molar-refractivity contribution in [3.63, 3.8) is 0 Å². The average Bonchev–Trinajstić information content (AvgIpc) is 2.76. The number of hydrogen-bond acceptors (Lipinski definition) is 5. The number of sulfonamides is 1. The van der Waals surface area contributed by atoms with Crippen LogP contribution in [-0.2, 0) is 31.5 Å². The van der Waals surface area contributed by atoms with Crippen molar-refractivity contribution >= 4 is 16.0 Å². The maximum atomic E-state index is 15.3. The normalized spacial score (nSPS) is 31.0. The second-order valence-corrected chi connectivity index (χ2v) is 11.8. The summed E-state index contributed by atoms with van der Waals surface area (Å²) in [5.74, 6) is -2.39. The summed E-state index contributed by atoms with van der Waals surface area (Å²) in [5.41, 5.74) is -2.32. The minimum atomic E-state index is -3.82. The average molecular weight is 494 g/mol. The van der Waals surface area contributed by atoms with E-state index in [9.17, 15) is 18.3 Å². The number of halogens is 2. The Balaban J connectivity index is 1.67. The number of carbonyl (C=O) groups excluding carboxylic acids is 1. The van der Waals surface area contributed by atoms with Crippen LogP contribution in [-0.4, -0.2) is 42.6 Å². The summed E-state index contributed by atoms with van der Waals surface area (Å²) in [6.07, 6.45) is 0.834. The lowest BCUT2D eigenvalue weighted by Crippen LogP contribution is -2.58. The Morgan fingerprint density at radius 1 is 1.15 bits per heavy atom. The Bertz CT molecular complexity index is 1190. The van der Waals surface area contributed by atoms with Crippen molar-refractivity contribution in [3.8, 4) is 0 Å². The third kappa shape index (κ3) is 4.14. The molecule has 0 amide bonds. The summed E-state index contributed by atoms with van der Waals surface area (Å²) in [5, 5.41) is 9.44. The Morgan fingerprint density at radius 2 is 1.79 bits per heavy atom. The van der Waals surface area contributed by atoms with Crippen molar-refractivity contribution in [2.24, 2.45) is 0 Å². The van der Waals surface area contributed by atoms with Gasteiger partial charge in [-0.1, -0.05) is 30.3 Å². The number of carbonyl (C=O) groups is 1. The summed E-state index contributed by atoms with van der Waals surface area (Å²) in [6, 6.07) is 10.4. The Kier molecular flexibility index (Phi) is 6.33. The minimum Gasteiger partial charge on any atom is -0.468 e. The van der Waals surface area contributed by atoms with Gasteiger partial charge in [0.05, 0.1) is 12.7 Å². The van der Waals surface area contributed by atoms with E-state index in [2.05, 4.69) is 0 Å². The SMILES string of the molecule is COC(=O)[C@]1(c2cc(F)c(CN3[C@@H](C)CC[C@H](c4ccccc4)S3(=O)=O)cc2F)C[C@@](C)(O)C1. The first-order valence-corrected chi connectivity index (χ1v) is 12.8. The first-order chi connectivity index (χ1) is 15.9. The molecule has 2 aromatic rings. The molecule has 1 aliphatic heterocycles. The number of aliphatic hydroxyl groups is 1. The fourth-order valence-corrected chi connectivity index (χ4v) is 7.67. The molecule has 0 aromatic heterocycles. The van der Waals surface area contributed by atoms with Gasteiger partial charge < -0.3 is 9.84 Å². The van der Waals surface area contributed by atoms with E-state index < -0.39 is 43.9 Å². The predicted molar refractivity (Wildman–Crippen MR) is 122 cm³/mol. The molecule has 4 rings (SSSR count). The molecule has 34 heavy (non-hydrogen) atoms. The molecular formula is C25H29F2NO5S. The van der Waals surface area contributed by atoms with Crippen LogP contribution in [0.2, 0.25) is 0 Å².